The van der Waals surface area contributed by atoms with E-state index in [0.29, 0.717) is 5.84 Å². The van der Waals surface area contributed by atoms with Gasteiger partial charge in [0.1, 0.15) is 10.4 Å². The lowest BCUT2D eigenvalue weighted by molar-refractivity contribution is 1.24. The number of rotatable bonds is 6. The van der Waals surface area contributed by atoms with Crippen molar-refractivity contribution >= 4 is 27.3 Å². The molecule has 0 saturated carbocycles. The standard InChI is InChI=1S/C22H23BrN2.C2H6/c1-3-8-18(4-2)19-14-11-17(12-15-19)13-16-21(23)25-22(24)20-9-6-5-7-10-20;1-2/h3-12,14-16H,13H2,1-2H3,(H2,24,25);1-2H3/b8-3-,18-4+,21-16-;. The third kappa shape index (κ3) is 7.79. The van der Waals surface area contributed by atoms with Gasteiger partial charge in [-0.25, -0.2) is 4.99 Å². The van der Waals surface area contributed by atoms with Crippen LogP contribution in [0.4, 0.5) is 0 Å². The van der Waals surface area contributed by atoms with Crippen LogP contribution in [-0.4, -0.2) is 5.84 Å². The number of hydrogen-bond acceptors (Lipinski definition) is 1. The second-order valence-electron chi connectivity index (χ2n) is 5.53. The molecule has 0 aliphatic carbocycles. The Morgan fingerprint density at radius 2 is 1.59 bits per heavy atom. The van der Waals surface area contributed by atoms with E-state index < -0.39 is 0 Å². The summed E-state index contributed by atoms with van der Waals surface area (Å²) in [7, 11) is 0. The van der Waals surface area contributed by atoms with E-state index in [1.54, 1.807) is 0 Å². The monoisotopic (exact) mass is 424 g/mol. The van der Waals surface area contributed by atoms with Gasteiger partial charge in [-0.05, 0) is 59.0 Å². The van der Waals surface area contributed by atoms with Gasteiger partial charge < -0.3 is 5.73 Å². The summed E-state index contributed by atoms with van der Waals surface area (Å²) in [4.78, 5) is 4.40. The SMILES string of the molecule is C/C=C\C(=C/C)c1ccc(C/C=C(Br)\N=C(/N)c2ccccc2)cc1.CC. The lowest BCUT2D eigenvalue weighted by Crippen LogP contribution is -2.12. The second kappa shape index (κ2) is 12.9. The molecule has 2 nitrogen and oxygen atoms in total. The van der Waals surface area contributed by atoms with Gasteiger partial charge in [0.25, 0.3) is 0 Å². The fourth-order valence-corrected chi connectivity index (χ4v) is 2.76. The molecule has 2 aromatic rings. The maximum Gasteiger partial charge on any atom is 0.131 e. The van der Waals surface area contributed by atoms with Crippen LogP contribution in [0.25, 0.3) is 5.57 Å². The minimum absolute atomic E-state index is 0.503. The van der Waals surface area contributed by atoms with Crippen molar-refractivity contribution in [2.45, 2.75) is 34.1 Å². The number of amidine groups is 1. The Kier molecular flexibility index (Phi) is 10.8. The van der Waals surface area contributed by atoms with Gasteiger partial charge in [0.15, 0.2) is 0 Å². The molecule has 3 heteroatoms. The highest BCUT2D eigenvalue weighted by molar-refractivity contribution is 9.11. The molecule has 0 saturated heterocycles. The molecule has 0 radical (unpaired) electrons. The van der Waals surface area contributed by atoms with Crippen LogP contribution in [0, 0.1) is 0 Å². The molecular weight excluding hydrogens is 396 g/mol. The van der Waals surface area contributed by atoms with E-state index >= 15 is 0 Å². The van der Waals surface area contributed by atoms with Crippen molar-refractivity contribution in [3.05, 3.63) is 100 Å². The van der Waals surface area contributed by atoms with Crippen LogP contribution < -0.4 is 5.73 Å². The quantitative estimate of drug-likeness (QED) is 0.233. The van der Waals surface area contributed by atoms with Crippen molar-refractivity contribution in [2.75, 3.05) is 0 Å². The average Bonchev–Trinajstić information content (AvgIpc) is 2.73. The fraction of sp³-hybridized carbons (Fsp3) is 0.208. The molecule has 27 heavy (non-hydrogen) atoms. The highest BCUT2D eigenvalue weighted by atomic mass is 79.9. The summed E-state index contributed by atoms with van der Waals surface area (Å²) >= 11 is 3.48. The lowest BCUT2D eigenvalue weighted by Gasteiger charge is -2.04. The number of nitrogens with two attached hydrogens (primary N) is 1. The Morgan fingerprint density at radius 3 is 2.15 bits per heavy atom. The average molecular weight is 425 g/mol. The van der Waals surface area contributed by atoms with Crippen LogP contribution in [-0.2, 0) is 6.42 Å². The second-order valence-corrected chi connectivity index (χ2v) is 6.35. The summed E-state index contributed by atoms with van der Waals surface area (Å²) in [5, 5.41) is 0. The Hall–Kier alpha value is -2.39. The van der Waals surface area contributed by atoms with E-state index in [-0.39, 0.29) is 0 Å². The molecule has 0 aromatic heterocycles. The van der Waals surface area contributed by atoms with Crippen molar-refractivity contribution in [2.24, 2.45) is 10.7 Å². The minimum atomic E-state index is 0.503. The molecule has 0 unspecified atom stereocenters. The van der Waals surface area contributed by atoms with Gasteiger partial charge in [0.05, 0.1) is 0 Å². The Bertz CT molecular complexity index is 798. The van der Waals surface area contributed by atoms with E-state index in [0.717, 1.165) is 16.6 Å². The topological polar surface area (TPSA) is 38.4 Å². The van der Waals surface area contributed by atoms with Crippen LogP contribution >= 0.6 is 15.9 Å². The first-order valence-electron chi connectivity index (χ1n) is 9.27. The number of hydrogen-bond donors (Lipinski definition) is 1. The van der Waals surface area contributed by atoms with Crippen molar-refractivity contribution in [1.29, 1.82) is 0 Å². The van der Waals surface area contributed by atoms with Crippen LogP contribution in [0.15, 0.2) is 88.5 Å². The van der Waals surface area contributed by atoms with E-state index in [2.05, 4.69) is 70.3 Å². The van der Waals surface area contributed by atoms with E-state index in [1.165, 1.54) is 16.7 Å². The summed E-state index contributed by atoms with van der Waals surface area (Å²) < 4.78 is 0.737. The fourth-order valence-electron chi connectivity index (χ4n) is 2.41. The minimum Gasteiger partial charge on any atom is -0.383 e. The number of nitrogens with zero attached hydrogens (tertiary/aromatic N) is 1. The maximum absolute atomic E-state index is 6.03. The molecule has 0 atom stereocenters. The summed E-state index contributed by atoms with van der Waals surface area (Å²) in [5.74, 6) is 0.503. The van der Waals surface area contributed by atoms with Gasteiger partial charge in [-0.15, -0.1) is 0 Å². The Morgan fingerprint density at radius 1 is 0.963 bits per heavy atom. The zero-order valence-electron chi connectivity index (χ0n) is 16.6. The molecule has 0 aliphatic rings. The van der Waals surface area contributed by atoms with Gasteiger partial charge in [0, 0.05) is 5.56 Å². The number of allylic oxidation sites excluding steroid dienone is 5. The summed E-state index contributed by atoms with van der Waals surface area (Å²) in [6.07, 6.45) is 9.10. The summed E-state index contributed by atoms with van der Waals surface area (Å²) in [6.45, 7) is 8.08. The van der Waals surface area contributed by atoms with Crippen LogP contribution in [0.1, 0.15) is 44.4 Å². The molecule has 0 bridgehead atoms. The molecule has 2 aromatic carbocycles. The van der Waals surface area contributed by atoms with Crippen molar-refractivity contribution < 1.29 is 0 Å². The number of benzene rings is 2. The van der Waals surface area contributed by atoms with Crippen LogP contribution in [0.3, 0.4) is 0 Å². The van der Waals surface area contributed by atoms with Crippen LogP contribution in [0.5, 0.6) is 0 Å². The lowest BCUT2D eigenvalue weighted by atomic mass is 10.0. The van der Waals surface area contributed by atoms with Crippen molar-refractivity contribution in [3.8, 4) is 0 Å². The van der Waals surface area contributed by atoms with Gasteiger partial charge in [-0.3, -0.25) is 0 Å². The third-order valence-electron chi connectivity index (χ3n) is 3.75. The Labute approximate surface area is 172 Å². The van der Waals surface area contributed by atoms with E-state index in [4.69, 9.17) is 5.73 Å². The molecule has 142 valence electrons. The van der Waals surface area contributed by atoms with E-state index in [1.807, 2.05) is 57.2 Å². The first-order valence-corrected chi connectivity index (χ1v) is 10.1. The predicted molar refractivity (Wildman–Crippen MR) is 124 cm³/mol. The molecule has 0 aliphatic heterocycles. The Balaban J connectivity index is 0.00000176. The maximum atomic E-state index is 6.03. The smallest absolute Gasteiger partial charge is 0.131 e. The zero-order chi connectivity index (χ0) is 20.1. The van der Waals surface area contributed by atoms with Gasteiger partial charge >= 0.3 is 0 Å². The molecule has 0 fully saturated rings. The largest absolute Gasteiger partial charge is 0.383 e. The highest BCUT2D eigenvalue weighted by Gasteiger charge is 1.99. The summed E-state index contributed by atoms with van der Waals surface area (Å²) in [6, 6.07) is 18.3. The molecule has 2 N–H and O–H groups in total. The first-order chi connectivity index (χ1) is 13.1. The van der Waals surface area contributed by atoms with Gasteiger partial charge in [-0.1, -0.05) is 86.7 Å². The zero-order valence-corrected chi connectivity index (χ0v) is 18.2. The molecule has 0 heterocycles. The molecule has 2 rings (SSSR count). The summed E-state index contributed by atoms with van der Waals surface area (Å²) in [5.41, 5.74) is 10.6. The normalized spacial score (nSPS) is 12.7. The highest BCUT2D eigenvalue weighted by Crippen LogP contribution is 2.18. The number of halogens is 1. The predicted octanol–water partition coefficient (Wildman–Crippen LogP) is 6.88. The first kappa shape index (κ1) is 22.7. The third-order valence-corrected chi connectivity index (χ3v) is 4.25. The molecule has 0 spiro atoms. The molecular formula is C24H29BrN2. The van der Waals surface area contributed by atoms with Gasteiger partial charge in [-0.2, -0.15) is 0 Å². The molecule has 0 amide bonds. The van der Waals surface area contributed by atoms with Crippen LogP contribution in [0.2, 0.25) is 0 Å². The van der Waals surface area contributed by atoms with E-state index in [9.17, 15) is 0 Å². The van der Waals surface area contributed by atoms with Crippen molar-refractivity contribution in [1.82, 2.24) is 0 Å². The van der Waals surface area contributed by atoms with Gasteiger partial charge in [0.2, 0.25) is 0 Å². The number of aliphatic imine (C=N–C) groups is 1. The van der Waals surface area contributed by atoms with Crippen molar-refractivity contribution in [3.63, 3.8) is 0 Å².